The van der Waals surface area contributed by atoms with Gasteiger partial charge >= 0.3 is 5.97 Å². The van der Waals surface area contributed by atoms with Gasteiger partial charge in [-0.2, -0.15) is 0 Å². The fraction of sp³-hybridized carbons (Fsp3) is 0.512. The van der Waals surface area contributed by atoms with Gasteiger partial charge in [0.25, 0.3) is 0 Å². The van der Waals surface area contributed by atoms with Crippen LogP contribution in [0.25, 0.3) is 10.9 Å². The van der Waals surface area contributed by atoms with Crippen molar-refractivity contribution >= 4 is 52.4 Å². The SMILES string of the molecule is CC(C)C[C@H](NC(=O)[C@@H]1CCCN1C(=O)[C@H](CCCCN)NC(=O)[C@@H](N)Cc1ccccc1)C(=O)N[C@@H](Cc1c[nH]c2ccccc12)C(=O)N[C@@H](CCCN=C(N)N)C(=O)O. The van der Waals surface area contributed by atoms with E-state index in [1.165, 1.54) is 4.90 Å². The quantitative estimate of drug-likeness (QED) is 0.0337. The summed E-state index contributed by atoms with van der Waals surface area (Å²) in [5.74, 6) is -4.35. The number of H-pyrrole nitrogens is 1. The molecule has 0 bridgehead atoms. The Morgan fingerprint density at radius 2 is 1.48 bits per heavy atom. The smallest absolute Gasteiger partial charge is 0.326 e. The van der Waals surface area contributed by atoms with Crippen LogP contribution in [0.3, 0.4) is 0 Å². The van der Waals surface area contributed by atoms with E-state index in [2.05, 4.69) is 31.2 Å². The zero-order chi connectivity index (χ0) is 44.5. The van der Waals surface area contributed by atoms with Gasteiger partial charge in [-0.3, -0.25) is 29.0 Å². The third-order valence-electron chi connectivity index (χ3n) is 10.7. The summed E-state index contributed by atoms with van der Waals surface area (Å²) >= 11 is 0. The molecule has 61 heavy (non-hydrogen) atoms. The van der Waals surface area contributed by atoms with E-state index in [1.54, 1.807) is 6.20 Å². The van der Waals surface area contributed by atoms with Crippen LogP contribution in [-0.4, -0.2) is 112 Å². The molecule has 1 fully saturated rings. The number of nitrogens with one attached hydrogen (secondary N) is 5. The van der Waals surface area contributed by atoms with Crippen molar-refractivity contribution in [1.29, 1.82) is 0 Å². The van der Waals surface area contributed by atoms with E-state index in [-0.39, 0.29) is 57.1 Å². The molecule has 18 heteroatoms. The lowest BCUT2D eigenvalue weighted by Gasteiger charge is -2.31. The van der Waals surface area contributed by atoms with Crippen LogP contribution in [0.4, 0.5) is 0 Å². The van der Waals surface area contributed by atoms with Gasteiger partial charge in [-0.25, -0.2) is 4.79 Å². The molecule has 5 amide bonds. The Bertz CT molecular complexity index is 1970. The van der Waals surface area contributed by atoms with Gasteiger partial charge < -0.3 is 59.2 Å². The molecule has 1 aliphatic rings. The molecule has 1 aliphatic heterocycles. The van der Waals surface area contributed by atoms with Gasteiger partial charge in [0, 0.05) is 36.6 Å². The van der Waals surface area contributed by atoms with Crippen LogP contribution in [0.5, 0.6) is 0 Å². The molecule has 6 atom stereocenters. The van der Waals surface area contributed by atoms with Gasteiger partial charge in [0.1, 0.15) is 30.2 Å². The van der Waals surface area contributed by atoms with E-state index < -0.39 is 71.8 Å². The molecule has 0 unspecified atom stereocenters. The lowest BCUT2D eigenvalue weighted by atomic mass is 10.00. The van der Waals surface area contributed by atoms with Crippen molar-refractivity contribution in [3.8, 4) is 0 Å². The summed E-state index contributed by atoms with van der Waals surface area (Å²) in [6.07, 6.45) is 4.80. The molecule has 18 nitrogen and oxygen atoms in total. The number of carboxylic acids is 1. The third-order valence-corrected chi connectivity index (χ3v) is 10.7. The van der Waals surface area contributed by atoms with Crippen LogP contribution in [0.15, 0.2) is 65.8 Å². The van der Waals surface area contributed by atoms with Crippen LogP contribution >= 0.6 is 0 Å². The number of unbranched alkanes of at least 4 members (excludes halogenated alkanes) is 1. The van der Waals surface area contributed by atoms with Crippen LogP contribution in [-0.2, 0) is 41.6 Å². The Hall–Kier alpha value is -6.01. The maximum atomic E-state index is 14.2. The van der Waals surface area contributed by atoms with Crippen LogP contribution in [0, 0.1) is 5.92 Å². The predicted octanol–water partition coefficient (Wildman–Crippen LogP) is 0.524. The summed E-state index contributed by atoms with van der Waals surface area (Å²) in [6.45, 7) is 4.59. The lowest BCUT2D eigenvalue weighted by molar-refractivity contribution is -0.143. The van der Waals surface area contributed by atoms with E-state index in [4.69, 9.17) is 22.9 Å². The summed E-state index contributed by atoms with van der Waals surface area (Å²) in [4.78, 5) is 90.4. The minimum Gasteiger partial charge on any atom is -0.480 e. The molecule has 4 rings (SSSR count). The lowest BCUT2D eigenvalue weighted by Crippen LogP contribution is -2.59. The number of carbonyl (C=O) groups is 6. The Morgan fingerprint density at radius 3 is 2.16 bits per heavy atom. The van der Waals surface area contributed by atoms with E-state index in [9.17, 15) is 33.9 Å². The van der Waals surface area contributed by atoms with E-state index in [1.807, 2.05) is 68.4 Å². The predicted molar refractivity (Wildman–Crippen MR) is 232 cm³/mol. The second kappa shape index (κ2) is 23.7. The highest BCUT2D eigenvalue weighted by Crippen LogP contribution is 2.22. The summed E-state index contributed by atoms with van der Waals surface area (Å²) in [5, 5.41) is 21.8. The molecule has 14 N–H and O–H groups in total. The number of para-hydroxylation sites is 1. The number of hydrogen-bond acceptors (Lipinski definition) is 9. The highest BCUT2D eigenvalue weighted by atomic mass is 16.4. The van der Waals surface area contributed by atoms with E-state index >= 15 is 0 Å². The van der Waals surface area contributed by atoms with E-state index in [0.717, 1.165) is 16.5 Å². The monoisotopic (exact) mass is 845 g/mol. The number of fused-ring (bicyclic) bond motifs is 1. The standard InChI is InChI=1S/C43H63N11O7/c1-26(2)22-34(38(56)52-35(24-28-25-49-31-15-7-6-14-29(28)31)39(57)51-33(42(60)61)17-10-20-48-43(46)47)53-40(58)36-18-11-21-54(36)41(59)32(16-8-9-19-44)50-37(55)30(45)23-27-12-4-3-5-13-27/h3-7,12-15,25-26,30,32-36,49H,8-11,16-24,44-45H2,1-2H3,(H,50,55)(H,51,57)(H,52,56)(H,53,58)(H,60,61)(H4,46,47,48)/t30-,32-,33-,34-,35-,36-/m0/s1. The molecular weight excluding hydrogens is 783 g/mol. The number of aliphatic carboxylic acids is 1. The fourth-order valence-corrected chi connectivity index (χ4v) is 7.50. The number of amides is 5. The number of rotatable bonds is 24. The molecule has 2 aromatic carbocycles. The number of likely N-dealkylation sites (tertiary alicyclic amines) is 1. The highest BCUT2D eigenvalue weighted by Gasteiger charge is 2.40. The first kappa shape index (κ1) is 47.7. The molecular formula is C43H63N11O7. The summed E-state index contributed by atoms with van der Waals surface area (Å²) < 4.78 is 0. The van der Waals surface area contributed by atoms with Crippen molar-refractivity contribution in [3.63, 3.8) is 0 Å². The van der Waals surface area contributed by atoms with Crippen LogP contribution in [0.1, 0.15) is 76.3 Å². The first-order valence-corrected chi connectivity index (χ1v) is 21.0. The van der Waals surface area contributed by atoms with Crippen LogP contribution < -0.4 is 44.2 Å². The number of carboxylic acid groups (broad SMARTS) is 1. The van der Waals surface area contributed by atoms with Gasteiger partial charge in [0.05, 0.1) is 6.04 Å². The Morgan fingerprint density at radius 1 is 0.820 bits per heavy atom. The summed E-state index contributed by atoms with van der Waals surface area (Å²) in [5.41, 5.74) is 25.2. The highest BCUT2D eigenvalue weighted by molar-refractivity contribution is 5.97. The van der Waals surface area contributed by atoms with Gasteiger partial charge in [-0.1, -0.05) is 62.4 Å². The van der Waals surface area contributed by atoms with Crippen molar-refractivity contribution < 1.29 is 33.9 Å². The molecule has 0 aliphatic carbocycles. The number of benzene rings is 2. The first-order chi connectivity index (χ1) is 29.2. The second-order valence-electron chi connectivity index (χ2n) is 16.0. The average Bonchev–Trinajstić information content (AvgIpc) is 3.89. The molecule has 0 radical (unpaired) electrons. The fourth-order valence-electron chi connectivity index (χ4n) is 7.50. The number of guanidine groups is 1. The molecule has 1 saturated heterocycles. The number of aromatic nitrogens is 1. The molecule has 2 heterocycles. The Balaban J connectivity index is 1.52. The second-order valence-corrected chi connectivity index (χ2v) is 16.0. The topological polar surface area (TPSA) is 306 Å². The summed E-state index contributed by atoms with van der Waals surface area (Å²) in [6, 6.07) is 10.3. The Kier molecular flexibility index (Phi) is 18.5. The minimum absolute atomic E-state index is 0.00143. The van der Waals surface area contributed by atoms with Gasteiger partial charge in [-0.15, -0.1) is 0 Å². The van der Waals surface area contributed by atoms with Crippen molar-refractivity contribution in [2.45, 2.75) is 114 Å². The molecule has 0 spiro atoms. The number of nitrogens with zero attached hydrogens (tertiary/aromatic N) is 2. The number of carbonyl (C=O) groups excluding carboxylic acids is 5. The maximum Gasteiger partial charge on any atom is 0.326 e. The van der Waals surface area contributed by atoms with Crippen molar-refractivity contribution in [1.82, 2.24) is 31.2 Å². The van der Waals surface area contributed by atoms with Crippen molar-refractivity contribution in [3.05, 3.63) is 71.9 Å². The number of aliphatic imine (C=N–C) groups is 1. The Labute approximate surface area is 356 Å². The van der Waals surface area contributed by atoms with E-state index in [0.29, 0.717) is 44.2 Å². The first-order valence-electron chi connectivity index (χ1n) is 21.0. The molecule has 1 aromatic heterocycles. The minimum atomic E-state index is -1.30. The third kappa shape index (κ3) is 14.6. The van der Waals surface area contributed by atoms with Crippen molar-refractivity contribution in [2.24, 2.45) is 33.8 Å². The number of hydrogen-bond donors (Lipinski definition) is 10. The van der Waals surface area contributed by atoms with Crippen molar-refractivity contribution in [2.75, 3.05) is 19.6 Å². The summed E-state index contributed by atoms with van der Waals surface area (Å²) in [7, 11) is 0. The van der Waals surface area contributed by atoms with Gasteiger partial charge in [0.2, 0.25) is 29.5 Å². The van der Waals surface area contributed by atoms with Gasteiger partial charge in [-0.05, 0) is 87.4 Å². The molecule has 332 valence electrons. The average molecular weight is 846 g/mol. The maximum absolute atomic E-state index is 14.2. The largest absolute Gasteiger partial charge is 0.480 e. The molecule has 0 saturated carbocycles. The zero-order valence-corrected chi connectivity index (χ0v) is 35.1. The van der Waals surface area contributed by atoms with Crippen LogP contribution in [0.2, 0.25) is 0 Å². The zero-order valence-electron chi connectivity index (χ0n) is 35.1. The van der Waals surface area contributed by atoms with Gasteiger partial charge in [0.15, 0.2) is 5.96 Å². The molecule has 3 aromatic rings. The number of aromatic amines is 1. The number of nitrogens with two attached hydrogens (primary N) is 4. The normalized spacial score (nSPS) is 16.2.